The van der Waals surface area contributed by atoms with Gasteiger partial charge >= 0.3 is 0 Å². The van der Waals surface area contributed by atoms with Gasteiger partial charge in [0.2, 0.25) is 11.6 Å². The maximum Gasteiger partial charge on any atom is 0.236 e. The van der Waals surface area contributed by atoms with Crippen molar-refractivity contribution in [3.63, 3.8) is 0 Å². The molecule has 0 aliphatic heterocycles. The molecule has 0 spiro atoms. The van der Waals surface area contributed by atoms with Crippen molar-refractivity contribution in [1.29, 1.82) is 0 Å². The highest BCUT2D eigenvalue weighted by molar-refractivity contribution is 9.10. The van der Waals surface area contributed by atoms with Crippen LogP contribution in [0.1, 0.15) is 20.7 Å². The van der Waals surface area contributed by atoms with Crippen LogP contribution in [-0.4, -0.2) is 11.6 Å². The minimum Gasteiger partial charge on any atom is -0.285 e. The number of carbonyl (C=O) groups excluding carboxylic acids is 2. The molecule has 2 nitrogen and oxygen atoms in total. The van der Waals surface area contributed by atoms with Crippen molar-refractivity contribution in [2.24, 2.45) is 0 Å². The molecule has 2 aromatic rings. The minimum atomic E-state index is -1.10. The minimum absolute atomic E-state index is 0.399. The predicted molar refractivity (Wildman–Crippen MR) is 76.9 cm³/mol. The Morgan fingerprint density at radius 3 is 1.45 bits per heavy atom. The molecule has 0 bridgehead atoms. The van der Waals surface area contributed by atoms with E-state index in [1.54, 1.807) is 0 Å². The Balaban J connectivity index is 2.45. The number of benzene rings is 2. The van der Waals surface area contributed by atoms with Crippen LogP contribution in [0.15, 0.2) is 45.3 Å². The number of hydrogen-bond donors (Lipinski definition) is 0. The van der Waals surface area contributed by atoms with Gasteiger partial charge in [0.05, 0.1) is 11.1 Å². The quantitative estimate of drug-likeness (QED) is 0.556. The number of rotatable bonds is 3. The fourth-order valence-electron chi connectivity index (χ4n) is 1.59. The van der Waals surface area contributed by atoms with Crippen molar-refractivity contribution in [3.05, 3.63) is 68.1 Å². The summed E-state index contributed by atoms with van der Waals surface area (Å²) >= 11 is 6.17. The maximum atomic E-state index is 13.6. The van der Waals surface area contributed by atoms with E-state index in [9.17, 15) is 18.4 Å². The first-order valence-corrected chi connectivity index (χ1v) is 6.98. The second kappa shape index (κ2) is 5.93. The first-order chi connectivity index (χ1) is 9.40. The number of hydrogen-bond acceptors (Lipinski definition) is 2. The highest BCUT2D eigenvalue weighted by Crippen LogP contribution is 2.20. The van der Waals surface area contributed by atoms with Gasteiger partial charge < -0.3 is 0 Å². The van der Waals surface area contributed by atoms with E-state index in [0.29, 0.717) is 8.95 Å². The molecule has 0 aliphatic carbocycles. The summed E-state index contributed by atoms with van der Waals surface area (Å²) < 4.78 is 28.1. The van der Waals surface area contributed by atoms with Crippen molar-refractivity contribution in [2.45, 2.75) is 0 Å². The van der Waals surface area contributed by atoms with E-state index in [0.717, 1.165) is 12.1 Å². The van der Waals surface area contributed by atoms with Crippen LogP contribution in [0.3, 0.4) is 0 Å². The number of Topliss-reactive ketones (excluding diaryl/α,β-unsaturated/α-hetero) is 2. The first-order valence-electron chi connectivity index (χ1n) is 5.39. The Bertz CT molecular complexity index is 653. The fraction of sp³-hybridized carbons (Fsp3) is 0. The molecule has 0 atom stereocenters. The van der Waals surface area contributed by atoms with Crippen molar-refractivity contribution >= 4 is 43.4 Å². The second-order valence-electron chi connectivity index (χ2n) is 3.91. The van der Waals surface area contributed by atoms with Crippen LogP contribution in [0.4, 0.5) is 8.78 Å². The largest absolute Gasteiger partial charge is 0.285 e. The smallest absolute Gasteiger partial charge is 0.236 e. The summed E-state index contributed by atoms with van der Waals surface area (Å²) in [5, 5.41) is 0. The normalized spacial score (nSPS) is 10.4. The van der Waals surface area contributed by atoms with Crippen molar-refractivity contribution < 1.29 is 18.4 Å². The molecule has 0 N–H and O–H groups in total. The van der Waals surface area contributed by atoms with E-state index in [1.807, 2.05) is 0 Å². The van der Waals surface area contributed by atoms with E-state index >= 15 is 0 Å². The van der Waals surface area contributed by atoms with Crippen LogP contribution in [0.5, 0.6) is 0 Å². The van der Waals surface area contributed by atoms with E-state index in [2.05, 4.69) is 31.9 Å². The molecule has 0 fully saturated rings. The van der Waals surface area contributed by atoms with Gasteiger partial charge in [0.25, 0.3) is 0 Å². The molecular formula is C14H6Br2F2O2. The molecule has 2 aromatic carbocycles. The van der Waals surface area contributed by atoms with E-state index in [1.165, 1.54) is 24.3 Å². The zero-order valence-corrected chi connectivity index (χ0v) is 13.0. The van der Waals surface area contributed by atoms with Gasteiger partial charge in [0.15, 0.2) is 0 Å². The number of carbonyl (C=O) groups is 2. The van der Waals surface area contributed by atoms with Crippen LogP contribution in [-0.2, 0) is 0 Å². The summed E-state index contributed by atoms with van der Waals surface area (Å²) in [4.78, 5) is 24.0. The maximum absolute atomic E-state index is 13.6. The monoisotopic (exact) mass is 402 g/mol. The summed E-state index contributed by atoms with van der Waals surface area (Å²) in [5.74, 6) is -3.86. The molecule has 0 saturated carbocycles. The van der Waals surface area contributed by atoms with Crippen molar-refractivity contribution in [3.8, 4) is 0 Å². The molecular weight excluding hydrogens is 398 g/mol. The van der Waals surface area contributed by atoms with Gasteiger partial charge in [0, 0.05) is 8.95 Å². The molecule has 0 aromatic heterocycles. The summed E-state index contributed by atoms with van der Waals surface area (Å²) in [6.07, 6.45) is 0. The van der Waals surface area contributed by atoms with Gasteiger partial charge in [-0.25, -0.2) is 8.78 Å². The third kappa shape index (κ3) is 3.02. The summed E-state index contributed by atoms with van der Waals surface area (Å²) in [6, 6.07) is 7.28. The lowest BCUT2D eigenvalue weighted by molar-refractivity contribution is 0.0811. The summed E-state index contributed by atoms with van der Waals surface area (Å²) in [5.41, 5.74) is -0.799. The second-order valence-corrected chi connectivity index (χ2v) is 5.74. The summed E-state index contributed by atoms with van der Waals surface area (Å²) in [7, 11) is 0. The Kier molecular flexibility index (Phi) is 4.45. The Hall–Kier alpha value is -1.40. The molecule has 0 aliphatic rings. The SMILES string of the molecule is O=C(C(=O)c1cc(Br)ccc1F)c1cc(Br)ccc1F. The zero-order valence-electron chi connectivity index (χ0n) is 9.79. The average molecular weight is 404 g/mol. The molecule has 0 unspecified atom stereocenters. The Labute approximate surface area is 130 Å². The lowest BCUT2D eigenvalue weighted by Crippen LogP contribution is -2.17. The number of ketones is 2. The standard InChI is InChI=1S/C14H6Br2F2O2/c15-7-1-3-11(17)9(5-7)13(19)14(20)10-6-8(16)2-4-12(10)18/h1-6H. The van der Waals surface area contributed by atoms with Crippen LogP contribution in [0.2, 0.25) is 0 Å². The Morgan fingerprint density at radius 2 is 1.10 bits per heavy atom. The van der Waals surface area contributed by atoms with Crippen molar-refractivity contribution in [1.82, 2.24) is 0 Å². The number of halogens is 4. The van der Waals surface area contributed by atoms with Gasteiger partial charge in [-0.15, -0.1) is 0 Å². The predicted octanol–water partition coefficient (Wildman–Crippen LogP) is 4.56. The van der Waals surface area contributed by atoms with Gasteiger partial charge in [0.1, 0.15) is 11.6 Å². The molecule has 2 rings (SSSR count). The van der Waals surface area contributed by atoms with E-state index in [4.69, 9.17) is 0 Å². The lowest BCUT2D eigenvalue weighted by Gasteiger charge is -2.04. The van der Waals surface area contributed by atoms with E-state index in [-0.39, 0.29) is 0 Å². The zero-order chi connectivity index (χ0) is 14.9. The first kappa shape index (κ1) is 15.0. The van der Waals surface area contributed by atoms with Gasteiger partial charge in [-0.2, -0.15) is 0 Å². The highest BCUT2D eigenvalue weighted by Gasteiger charge is 2.24. The van der Waals surface area contributed by atoms with Gasteiger partial charge in [-0.05, 0) is 36.4 Å². The third-order valence-electron chi connectivity index (χ3n) is 2.55. The van der Waals surface area contributed by atoms with Crippen LogP contribution in [0.25, 0.3) is 0 Å². The van der Waals surface area contributed by atoms with E-state index < -0.39 is 34.3 Å². The Morgan fingerprint density at radius 1 is 0.750 bits per heavy atom. The van der Waals surface area contributed by atoms with Crippen molar-refractivity contribution in [2.75, 3.05) is 0 Å². The molecule has 20 heavy (non-hydrogen) atoms. The van der Waals surface area contributed by atoms with Crippen LogP contribution < -0.4 is 0 Å². The fourth-order valence-corrected chi connectivity index (χ4v) is 2.31. The molecule has 102 valence electrons. The van der Waals surface area contributed by atoms with Gasteiger partial charge in [-0.3, -0.25) is 9.59 Å². The molecule has 6 heteroatoms. The van der Waals surface area contributed by atoms with Crippen LogP contribution in [0, 0.1) is 11.6 Å². The summed E-state index contributed by atoms with van der Waals surface area (Å²) in [6.45, 7) is 0. The lowest BCUT2D eigenvalue weighted by atomic mass is 10.0. The topological polar surface area (TPSA) is 34.1 Å². The molecule has 0 radical (unpaired) electrons. The molecule has 0 amide bonds. The average Bonchev–Trinajstić information content (AvgIpc) is 2.42. The van der Waals surface area contributed by atoms with Crippen LogP contribution >= 0.6 is 31.9 Å². The van der Waals surface area contributed by atoms with Gasteiger partial charge in [-0.1, -0.05) is 31.9 Å². The molecule has 0 heterocycles. The highest BCUT2D eigenvalue weighted by atomic mass is 79.9. The third-order valence-corrected chi connectivity index (χ3v) is 3.54. The molecule has 0 saturated heterocycles.